The molecule has 0 aliphatic carbocycles. The molecule has 1 aliphatic heterocycles. The first kappa shape index (κ1) is 16.3. The Labute approximate surface area is 132 Å². The molecule has 2 amide bonds. The van der Waals surface area contributed by atoms with E-state index in [1.807, 2.05) is 29.2 Å². The van der Waals surface area contributed by atoms with Crippen LogP contribution in [0.15, 0.2) is 36.9 Å². The van der Waals surface area contributed by atoms with E-state index in [1.54, 1.807) is 0 Å². The number of benzene rings is 1. The van der Waals surface area contributed by atoms with Crippen molar-refractivity contribution in [2.24, 2.45) is 0 Å². The Hall–Kier alpha value is -2.10. The molecule has 1 atom stereocenters. The topological polar surface area (TPSA) is 49.4 Å². The number of hydrogen-bond donors (Lipinski definition) is 1. The van der Waals surface area contributed by atoms with E-state index in [-0.39, 0.29) is 11.8 Å². The second kappa shape index (κ2) is 7.78. The van der Waals surface area contributed by atoms with Gasteiger partial charge in [0.15, 0.2) is 0 Å². The van der Waals surface area contributed by atoms with Crippen LogP contribution in [-0.2, 0) is 16.0 Å². The van der Waals surface area contributed by atoms with Gasteiger partial charge in [-0.2, -0.15) is 0 Å². The van der Waals surface area contributed by atoms with Crippen molar-refractivity contribution in [2.75, 3.05) is 11.9 Å². The third kappa shape index (κ3) is 4.20. The minimum absolute atomic E-state index is 0.220. The quantitative estimate of drug-likeness (QED) is 0.821. The average Bonchev–Trinajstić information content (AvgIpc) is 3.02. The summed E-state index contributed by atoms with van der Waals surface area (Å²) in [4.78, 5) is 25.5. The lowest BCUT2D eigenvalue weighted by atomic mass is 10.1. The van der Waals surface area contributed by atoms with E-state index in [1.165, 1.54) is 6.08 Å². The molecule has 0 radical (unpaired) electrons. The van der Waals surface area contributed by atoms with Crippen molar-refractivity contribution in [3.8, 4) is 0 Å². The normalized spacial score (nSPS) is 17.3. The van der Waals surface area contributed by atoms with Crippen LogP contribution in [0.3, 0.4) is 0 Å². The maximum atomic E-state index is 12.3. The molecule has 1 heterocycles. The SMILES string of the molecule is C=CC(=O)Nc1ccc(CCC(=O)N2CCCC2CC)cc1. The molecule has 1 N–H and O–H groups in total. The lowest BCUT2D eigenvalue weighted by molar-refractivity contribution is -0.132. The van der Waals surface area contributed by atoms with E-state index in [0.29, 0.717) is 12.5 Å². The van der Waals surface area contributed by atoms with Gasteiger partial charge in [-0.3, -0.25) is 9.59 Å². The largest absolute Gasteiger partial charge is 0.340 e. The van der Waals surface area contributed by atoms with Gasteiger partial charge in [-0.05, 0) is 49.5 Å². The number of hydrogen-bond acceptors (Lipinski definition) is 2. The third-order valence-electron chi connectivity index (χ3n) is 4.20. The molecule has 4 heteroatoms. The molecular weight excluding hydrogens is 276 g/mol. The molecule has 0 aromatic heterocycles. The van der Waals surface area contributed by atoms with Crippen LogP contribution in [0.5, 0.6) is 0 Å². The van der Waals surface area contributed by atoms with Crippen LogP contribution in [0.2, 0.25) is 0 Å². The number of rotatable bonds is 6. The van der Waals surface area contributed by atoms with E-state index in [4.69, 9.17) is 0 Å². The van der Waals surface area contributed by atoms with Crippen LogP contribution in [0, 0.1) is 0 Å². The van der Waals surface area contributed by atoms with Gasteiger partial charge in [-0.15, -0.1) is 0 Å². The second-order valence-electron chi connectivity index (χ2n) is 5.68. The summed E-state index contributed by atoms with van der Waals surface area (Å²) in [7, 11) is 0. The van der Waals surface area contributed by atoms with Gasteiger partial charge in [0.05, 0.1) is 0 Å². The second-order valence-corrected chi connectivity index (χ2v) is 5.68. The summed E-state index contributed by atoms with van der Waals surface area (Å²) in [5, 5.41) is 2.71. The highest BCUT2D eigenvalue weighted by atomic mass is 16.2. The van der Waals surface area contributed by atoms with Crippen molar-refractivity contribution >= 4 is 17.5 Å². The predicted molar refractivity (Wildman–Crippen MR) is 88.6 cm³/mol. The van der Waals surface area contributed by atoms with E-state index in [0.717, 1.165) is 43.5 Å². The molecule has 118 valence electrons. The standard InChI is InChI=1S/C18H24N2O2/c1-3-16-6-5-13-20(16)18(22)12-9-14-7-10-15(11-8-14)19-17(21)4-2/h4,7-8,10-11,16H,2-3,5-6,9,12-13H2,1H3,(H,19,21). The Balaban J connectivity index is 1.85. The number of amides is 2. The van der Waals surface area contributed by atoms with E-state index >= 15 is 0 Å². The summed E-state index contributed by atoms with van der Waals surface area (Å²) in [5.74, 6) is 0.0379. The number of nitrogens with one attached hydrogen (secondary N) is 1. The van der Waals surface area contributed by atoms with Gasteiger partial charge in [0.1, 0.15) is 0 Å². The highest BCUT2D eigenvalue weighted by molar-refractivity contribution is 5.98. The third-order valence-corrected chi connectivity index (χ3v) is 4.20. The first-order valence-electron chi connectivity index (χ1n) is 7.96. The van der Waals surface area contributed by atoms with Gasteiger partial charge in [0.2, 0.25) is 11.8 Å². The number of likely N-dealkylation sites (tertiary alicyclic amines) is 1. The zero-order valence-corrected chi connectivity index (χ0v) is 13.2. The first-order valence-corrected chi connectivity index (χ1v) is 7.96. The van der Waals surface area contributed by atoms with Crippen LogP contribution >= 0.6 is 0 Å². The fourth-order valence-electron chi connectivity index (χ4n) is 2.93. The van der Waals surface area contributed by atoms with Gasteiger partial charge >= 0.3 is 0 Å². The fourth-order valence-corrected chi connectivity index (χ4v) is 2.93. The zero-order valence-electron chi connectivity index (χ0n) is 13.2. The Morgan fingerprint density at radius 3 is 2.73 bits per heavy atom. The number of carbonyl (C=O) groups is 2. The summed E-state index contributed by atoms with van der Waals surface area (Å²) >= 11 is 0. The van der Waals surface area contributed by atoms with Crippen molar-refractivity contribution in [1.29, 1.82) is 0 Å². The Kier molecular flexibility index (Phi) is 5.75. The van der Waals surface area contributed by atoms with Gasteiger partial charge in [0, 0.05) is 24.7 Å². The van der Waals surface area contributed by atoms with Crippen molar-refractivity contribution in [3.63, 3.8) is 0 Å². The van der Waals surface area contributed by atoms with Crippen molar-refractivity contribution < 1.29 is 9.59 Å². The zero-order chi connectivity index (χ0) is 15.9. The Morgan fingerprint density at radius 1 is 1.36 bits per heavy atom. The molecule has 1 fully saturated rings. The molecule has 0 spiro atoms. The molecule has 0 saturated carbocycles. The van der Waals surface area contributed by atoms with Crippen LogP contribution in [-0.4, -0.2) is 29.3 Å². The molecule has 22 heavy (non-hydrogen) atoms. The average molecular weight is 300 g/mol. The summed E-state index contributed by atoms with van der Waals surface area (Å²) in [6.45, 7) is 6.47. The maximum Gasteiger partial charge on any atom is 0.247 e. The van der Waals surface area contributed by atoms with Gasteiger partial charge in [0.25, 0.3) is 0 Å². The summed E-state index contributed by atoms with van der Waals surface area (Å²) < 4.78 is 0. The molecule has 2 rings (SSSR count). The molecular formula is C18H24N2O2. The Morgan fingerprint density at radius 2 is 2.09 bits per heavy atom. The smallest absolute Gasteiger partial charge is 0.247 e. The number of anilines is 1. The highest BCUT2D eigenvalue weighted by Crippen LogP contribution is 2.21. The van der Waals surface area contributed by atoms with Crippen LogP contribution in [0.4, 0.5) is 5.69 Å². The predicted octanol–water partition coefficient (Wildman–Crippen LogP) is 3.14. The molecule has 1 aromatic carbocycles. The Bertz CT molecular complexity index is 537. The number of nitrogens with zero attached hydrogens (tertiary/aromatic N) is 1. The fraction of sp³-hybridized carbons (Fsp3) is 0.444. The van der Waals surface area contributed by atoms with Crippen LogP contribution in [0.25, 0.3) is 0 Å². The van der Waals surface area contributed by atoms with Gasteiger partial charge in [-0.1, -0.05) is 25.6 Å². The maximum absolute atomic E-state index is 12.3. The van der Waals surface area contributed by atoms with E-state index < -0.39 is 0 Å². The van der Waals surface area contributed by atoms with Gasteiger partial charge in [-0.25, -0.2) is 0 Å². The number of aryl methyl sites for hydroxylation is 1. The van der Waals surface area contributed by atoms with Crippen molar-refractivity contribution in [2.45, 2.75) is 45.1 Å². The minimum Gasteiger partial charge on any atom is -0.340 e. The lowest BCUT2D eigenvalue weighted by Gasteiger charge is -2.23. The van der Waals surface area contributed by atoms with Crippen LogP contribution in [0.1, 0.15) is 38.2 Å². The summed E-state index contributed by atoms with van der Waals surface area (Å²) in [6, 6.07) is 8.04. The van der Waals surface area contributed by atoms with Crippen molar-refractivity contribution in [1.82, 2.24) is 4.90 Å². The monoisotopic (exact) mass is 300 g/mol. The van der Waals surface area contributed by atoms with Gasteiger partial charge < -0.3 is 10.2 Å². The summed E-state index contributed by atoms with van der Waals surface area (Å²) in [5.41, 5.74) is 1.85. The molecule has 1 aliphatic rings. The number of carbonyl (C=O) groups excluding carboxylic acids is 2. The molecule has 1 saturated heterocycles. The summed E-state index contributed by atoms with van der Waals surface area (Å²) in [6.07, 6.45) is 5.84. The lowest BCUT2D eigenvalue weighted by Crippen LogP contribution is -2.35. The van der Waals surface area contributed by atoms with E-state index in [9.17, 15) is 9.59 Å². The molecule has 4 nitrogen and oxygen atoms in total. The highest BCUT2D eigenvalue weighted by Gasteiger charge is 2.26. The van der Waals surface area contributed by atoms with Crippen molar-refractivity contribution in [3.05, 3.63) is 42.5 Å². The molecule has 1 aromatic rings. The first-order chi connectivity index (χ1) is 10.6. The minimum atomic E-state index is -0.220. The molecule has 1 unspecified atom stereocenters. The van der Waals surface area contributed by atoms with E-state index in [2.05, 4.69) is 18.8 Å². The molecule has 0 bridgehead atoms. The van der Waals surface area contributed by atoms with Crippen LogP contribution < -0.4 is 5.32 Å².